The van der Waals surface area contributed by atoms with Gasteiger partial charge in [-0.25, -0.2) is 0 Å². The summed E-state index contributed by atoms with van der Waals surface area (Å²) in [7, 11) is 2.83. The number of hydrogen-bond acceptors (Lipinski definition) is 6. The van der Waals surface area contributed by atoms with Crippen LogP contribution in [-0.4, -0.2) is 36.1 Å². The fourth-order valence-corrected chi connectivity index (χ4v) is 4.55. The maximum absolute atomic E-state index is 13.4. The summed E-state index contributed by atoms with van der Waals surface area (Å²) in [4.78, 5) is 28.1. The molecule has 1 atom stereocenters. The minimum Gasteiger partial charge on any atom is -0.508 e. The number of halogens is 1. The second kappa shape index (κ2) is 9.35. The standard InChI is InChI=1S/C27H24ClNO6/c1-14-5-10-20(15(2)11-14)29-24(16-6-8-17(30)9-7-16)23(26(32)27(29)33)25(31)18-12-22(35-4)19(28)13-21(18)34-3/h5-13,24,30-31H,1-4H3/b25-23+. The Bertz CT molecular complexity index is 1360. The highest BCUT2D eigenvalue weighted by Gasteiger charge is 2.47. The van der Waals surface area contributed by atoms with E-state index in [1.54, 1.807) is 18.2 Å². The number of carbonyl (C=O) groups is 2. The van der Waals surface area contributed by atoms with Crippen LogP contribution in [0.15, 0.2) is 60.2 Å². The first-order chi connectivity index (χ1) is 16.7. The smallest absolute Gasteiger partial charge is 0.300 e. The molecular formula is C27H24ClNO6. The number of anilines is 1. The first-order valence-corrected chi connectivity index (χ1v) is 11.1. The van der Waals surface area contributed by atoms with Crippen LogP contribution in [0, 0.1) is 13.8 Å². The Hall–Kier alpha value is -3.97. The van der Waals surface area contributed by atoms with Gasteiger partial charge in [-0.2, -0.15) is 0 Å². The first kappa shape index (κ1) is 24.2. The molecule has 0 aromatic heterocycles. The molecule has 1 amide bonds. The number of benzene rings is 3. The van der Waals surface area contributed by atoms with E-state index in [0.29, 0.717) is 11.3 Å². The van der Waals surface area contributed by atoms with Gasteiger partial charge in [0.05, 0.1) is 36.4 Å². The van der Waals surface area contributed by atoms with Crippen molar-refractivity contribution in [3.63, 3.8) is 0 Å². The van der Waals surface area contributed by atoms with Crippen molar-refractivity contribution in [1.29, 1.82) is 0 Å². The molecule has 7 nitrogen and oxygen atoms in total. The quantitative estimate of drug-likeness (QED) is 0.284. The number of rotatable bonds is 5. The summed E-state index contributed by atoms with van der Waals surface area (Å²) in [6, 6.07) is 13.6. The normalized spacial score (nSPS) is 17.1. The lowest BCUT2D eigenvalue weighted by Crippen LogP contribution is -2.30. The molecule has 1 unspecified atom stereocenters. The highest BCUT2D eigenvalue weighted by atomic mass is 35.5. The van der Waals surface area contributed by atoms with Crippen LogP contribution in [0.25, 0.3) is 5.76 Å². The Morgan fingerprint density at radius 1 is 0.943 bits per heavy atom. The molecule has 2 N–H and O–H groups in total. The zero-order chi connectivity index (χ0) is 25.4. The molecule has 0 aliphatic carbocycles. The molecule has 4 rings (SSSR count). The van der Waals surface area contributed by atoms with Crippen LogP contribution in [-0.2, 0) is 9.59 Å². The van der Waals surface area contributed by atoms with Gasteiger partial charge in [-0.15, -0.1) is 0 Å². The topological polar surface area (TPSA) is 96.3 Å². The lowest BCUT2D eigenvalue weighted by molar-refractivity contribution is -0.132. The maximum Gasteiger partial charge on any atom is 0.300 e. The van der Waals surface area contributed by atoms with Gasteiger partial charge in [0.15, 0.2) is 0 Å². The van der Waals surface area contributed by atoms with Gasteiger partial charge in [0.25, 0.3) is 11.7 Å². The van der Waals surface area contributed by atoms with Gasteiger partial charge in [0.1, 0.15) is 23.0 Å². The number of carbonyl (C=O) groups excluding carboxylic acids is 2. The molecule has 1 fully saturated rings. The molecule has 35 heavy (non-hydrogen) atoms. The second-order valence-corrected chi connectivity index (χ2v) is 8.64. The number of hydrogen-bond donors (Lipinski definition) is 2. The summed E-state index contributed by atoms with van der Waals surface area (Å²) in [6.07, 6.45) is 0. The average Bonchev–Trinajstić information content (AvgIpc) is 3.09. The van der Waals surface area contributed by atoms with Crippen LogP contribution >= 0.6 is 11.6 Å². The van der Waals surface area contributed by atoms with Gasteiger partial charge >= 0.3 is 0 Å². The third-order valence-corrected chi connectivity index (χ3v) is 6.29. The number of amides is 1. The minimum atomic E-state index is -0.955. The van der Waals surface area contributed by atoms with E-state index in [2.05, 4.69) is 0 Å². The number of phenols is 1. The molecule has 1 aliphatic heterocycles. The number of aryl methyl sites for hydroxylation is 2. The molecule has 3 aromatic carbocycles. The molecule has 0 spiro atoms. The third kappa shape index (κ3) is 4.19. The molecule has 1 aliphatic rings. The summed E-state index contributed by atoms with van der Waals surface area (Å²) in [5, 5.41) is 21.5. The van der Waals surface area contributed by atoms with E-state index in [4.69, 9.17) is 21.1 Å². The van der Waals surface area contributed by atoms with Crippen molar-refractivity contribution < 1.29 is 29.3 Å². The largest absolute Gasteiger partial charge is 0.508 e. The number of Topliss-reactive ketones (excluding diaryl/α,β-unsaturated/α-hetero) is 1. The van der Waals surface area contributed by atoms with Crippen LogP contribution < -0.4 is 14.4 Å². The van der Waals surface area contributed by atoms with Crippen LogP contribution in [0.4, 0.5) is 5.69 Å². The van der Waals surface area contributed by atoms with E-state index < -0.39 is 23.5 Å². The van der Waals surface area contributed by atoms with E-state index in [1.165, 1.54) is 43.4 Å². The van der Waals surface area contributed by atoms with Crippen molar-refractivity contribution in [3.8, 4) is 17.2 Å². The highest BCUT2D eigenvalue weighted by molar-refractivity contribution is 6.51. The molecule has 0 radical (unpaired) electrons. The van der Waals surface area contributed by atoms with Gasteiger partial charge in [-0.05, 0) is 49.2 Å². The van der Waals surface area contributed by atoms with Crippen LogP contribution in [0.1, 0.15) is 28.3 Å². The molecule has 1 saturated heterocycles. The average molecular weight is 494 g/mol. The van der Waals surface area contributed by atoms with Gasteiger partial charge in [-0.3, -0.25) is 14.5 Å². The van der Waals surface area contributed by atoms with Crippen LogP contribution in [0.2, 0.25) is 5.02 Å². The second-order valence-electron chi connectivity index (χ2n) is 8.24. The van der Waals surface area contributed by atoms with E-state index in [1.807, 2.05) is 26.0 Å². The fourth-order valence-electron chi connectivity index (χ4n) is 4.32. The predicted molar refractivity (Wildman–Crippen MR) is 133 cm³/mol. The van der Waals surface area contributed by atoms with Crippen molar-refractivity contribution in [3.05, 3.63) is 87.4 Å². The number of aliphatic hydroxyl groups excluding tert-OH is 1. The Morgan fingerprint density at radius 2 is 1.60 bits per heavy atom. The van der Waals surface area contributed by atoms with Gasteiger partial charge in [-0.1, -0.05) is 41.4 Å². The molecule has 8 heteroatoms. The van der Waals surface area contributed by atoms with Crippen molar-refractivity contribution in [2.45, 2.75) is 19.9 Å². The van der Waals surface area contributed by atoms with E-state index in [9.17, 15) is 19.8 Å². The van der Waals surface area contributed by atoms with Gasteiger partial charge in [0, 0.05) is 11.8 Å². The number of aliphatic hydroxyl groups is 1. The summed E-state index contributed by atoms with van der Waals surface area (Å²) < 4.78 is 10.7. The number of phenolic OH excluding ortho intramolecular Hbond substituents is 1. The first-order valence-electron chi connectivity index (χ1n) is 10.8. The monoisotopic (exact) mass is 493 g/mol. The molecular weight excluding hydrogens is 470 g/mol. The Balaban J connectivity index is 2.01. The number of methoxy groups -OCH3 is 2. The molecule has 180 valence electrons. The van der Waals surface area contributed by atoms with Crippen LogP contribution in [0.5, 0.6) is 17.2 Å². The SMILES string of the molecule is COc1cc(/C(O)=C2\C(=O)C(=O)N(c3ccc(C)cc3C)C2c2ccc(O)cc2)c(OC)cc1Cl. The minimum absolute atomic E-state index is 0.0290. The molecule has 3 aromatic rings. The summed E-state index contributed by atoms with van der Waals surface area (Å²) in [6.45, 7) is 3.78. The number of ether oxygens (including phenoxy) is 2. The summed E-state index contributed by atoms with van der Waals surface area (Å²) in [5.74, 6) is -1.57. The predicted octanol–water partition coefficient (Wildman–Crippen LogP) is 5.31. The van der Waals surface area contributed by atoms with E-state index in [0.717, 1.165) is 11.1 Å². The Morgan fingerprint density at radius 3 is 2.20 bits per heavy atom. The highest BCUT2D eigenvalue weighted by Crippen LogP contribution is 2.45. The lowest BCUT2D eigenvalue weighted by Gasteiger charge is -2.27. The zero-order valence-corrected chi connectivity index (χ0v) is 20.4. The number of aromatic hydroxyl groups is 1. The van der Waals surface area contributed by atoms with E-state index >= 15 is 0 Å². The lowest BCUT2D eigenvalue weighted by atomic mass is 9.94. The third-order valence-electron chi connectivity index (χ3n) is 5.99. The number of ketones is 1. The van der Waals surface area contributed by atoms with Gasteiger partial charge in [0.2, 0.25) is 0 Å². The van der Waals surface area contributed by atoms with Crippen LogP contribution in [0.3, 0.4) is 0 Å². The summed E-state index contributed by atoms with van der Waals surface area (Å²) in [5.41, 5.74) is 2.89. The number of nitrogens with zero attached hydrogens (tertiary/aromatic N) is 1. The van der Waals surface area contributed by atoms with E-state index in [-0.39, 0.29) is 33.4 Å². The summed E-state index contributed by atoms with van der Waals surface area (Å²) >= 11 is 6.21. The molecule has 0 saturated carbocycles. The Kier molecular flexibility index (Phi) is 6.45. The Labute approximate surface area is 207 Å². The van der Waals surface area contributed by atoms with Crippen molar-refractivity contribution >= 4 is 34.7 Å². The van der Waals surface area contributed by atoms with Crippen molar-refractivity contribution in [1.82, 2.24) is 0 Å². The fraction of sp³-hybridized carbons (Fsp3) is 0.185. The van der Waals surface area contributed by atoms with Gasteiger partial charge < -0.3 is 19.7 Å². The zero-order valence-electron chi connectivity index (χ0n) is 19.6. The van der Waals surface area contributed by atoms with Crippen molar-refractivity contribution in [2.24, 2.45) is 0 Å². The maximum atomic E-state index is 13.4. The molecule has 0 bridgehead atoms. The van der Waals surface area contributed by atoms with Crippen molar-refractivity contribution in [2.75, 3.05) is 19.1 Å². The molecule has 1 heterocycles.